The normalized spacial score (nSPS) is 39.0. The van der Waals surface area contributed by atoms with E-state index < -0.39 is 0 Å². The number of aromatic amines is 2. The Bertz CT molecular complexity index is 922. The first-order chi connectivity index (χ1) is 11.8. The van der Waals surface area contributed by atoms with E-state index in [4.69, 9.17) is 0 Å². The third-order valence-corrected chi connectivity index (χ3v) is 6.88. The number of carbonyl (C=O) groups is 1. The third-order valence-electron chi connectivity index (χ3n) is 6.88. The zero-order chi connectivity index (χ0) is 17.4. The Balaban J connectivity index is 1.46. The van der Waals surface area contributed by atoms with E-state index in [0.29, 0.717) is 16.7 Å². The van der Waals surface area contributed by atoms with Crippen molar-refractivity contribution < 1.29 is 4.79 Å². The molecular formula is C20H25N3O2. The Morgan fingerprint density at radius 1 is 1.04 bits per heavy atom. The molecule has 2 atom stereocenters. The van der Waals surface area contributed by atoms with Crippen LogP contribution in [0.5, 0.6) is 0 Å². The van der Waals surface area contributed by atoms with Crippen molar-refractivity contribution in [3.63, 3.8) is 0 Å². The van der Waals surface area contributed by atoms with Crippen LogP contribution in [0.1, 0.15) is 52.4 Å². The number of amides is 1. The number of nitrogens with one attached hydrogen (secondary N) is 3. The van der Waals surface area contributed by atoms with Gasteiger partial charge in [-0.3, -0.25) is 4.79 Å². The monoisotopic (exact) mass is 339 g/mol. The van der Waals surface area contributed by atoms with Crippen molar-refractivity contribution in [2.75, 3.05) is 5.32 Å². The van der Waals surface area contributed by atoms with Crippen LogP contribution in [0.2, 0.25) is 0 Å². The summed E-state index contributed by atoms with van der Waals surface area (Å²) < 4.78 is 0. The average Bonchev–Trinajstić information content (AvgIpc) is 2.82. The molecule has 0 spiro atoms. The summed E-state index contributed by atoms with van der Waals surface area (Å²) in [4.78, 5) is 30.2. The summed E-state index contributed by atoms with van der Waals surface area (Å²) in [5.74, 6) is 0.867. The topological polar surface area (TPSA) is 77.8 Å². The molecule has 4 fully saturated rings. The van der Waals surface area contributed by atoms with E-state index >= 15 is 0 Å². The Kier molecular flexibility index (Phi) is 2.78. The van der Waals surface area contributed by atoms with Crippen LogP contribution >= 0.6 is 0 Å². The predicted molar refractivity (Wildman–Crippen MR) is 97.4 cm³/mol. The minimum Gasteiger partial charge on any atom is -0.326 e. The molecule has 5 heteroatoms. The number of H-pyrrole nitrogens is 2. The highest BCUT2D eigenvalue weighted by Crippen LogP contribution is 2.69. The summed E-state index contributed by atoms with van der Waals surface area (Å²) in [6.07, 6.45) is 6.90. The second-order valence-corrected chi connectivity index (χ2v) is 9.70. The lowest BCUT2D eigenvalue weighted by molar-refractivity contribution is -0.165. The van der Waals surface area contributed by atoms with Crippen LogP contribution in [0.25, 0.3) is 11.0 Å². The predicted octanol–water partition coefficient (Wildman–Crippen LogP) is 3.79. The van der Waals surface area contributed by atoms with Crippen LogP contribution in [0.4, 0.5) is 5.69 Å². The highest BCUT2D eigenvalue weighted by Gasteiger charge is 2.62. The molecule has 25 heavy (non-hydrogen) atoms. The van der Waals surface area contributed by atoms with Gasteiger partial charge in [-0.25, -0.2) is 4.79 Å². The van der Waals surface area contributed by atoms with Crippen LogP contribution in [0, 0.1) is 22.2 Å². The zero-order valence-corrected chi connectivity index (χ0v) is 14.9. The molecule has 1 aromatic heterocycles. The van der Waals surface area contributed by atoms with Crippen molar-refractivity contribution in [1.29, 1.82) is 0 Å². The summed E-state index contributed by atoms with van der Waals surface area (Å²) >= 11 is 0. The largest absolute Gasteiger partial charge is 0.326 e. The van der Waals surface area contributed by atoms with Crippen LogP contribution in [0.15, 0.2) is 23.0 Å². The van der Waals surface area contributed by atoms with Gasteiger partial charge in [0.25, 0.3) is 0 Å². The van der Waals surface area contributed by atoms with E-state index in [1.165, 1.54) is 19.3 Å². The van der Waals surface area contributed by atoms with Crippen LogP contribution in [-0.4, -0.2) is 15.9 Å². The standard InChI is InChI=1S/C20H25N3O2/c1-18-6-12-7-19(2,9-18)11-20(8-12,10-18)16(24)21-13-3-4-14-15(5-13)23-17(25)22-14/h3-5,12H,6-11H2,1-2H3,(H,21,24)(H2,22,23,25). The molecule has 1 aromatic carbocycles. The second kappa shape index (κ2) is 4.57. The number of benzene rings is 1. The molecule has 0 radical (unpaired) electrons. The minimum absolute atomic E-state index is 0.172. The molecule has 6 rings (SSSR count). The average molecular weight is 339 g/mol. The third kappa shape index (κ3) is 2.28. The molecule has 3 N–H and O–H groups in total. The molecule has 1 heterocycles. The molecule has 4 aliphatic rings. The van der Waals surface area contributed by atoms with Gasteiger partial charge in [-0.1, -0.05) is 13.8 Å². The quantitative estimate of drug-likeness (QED) is 0.778. The Labute approximate surface area is 146 Å². The molecular weight excluding hydrogens is 314 g/mol. The van der Waals surface area contributed by atoms with Gasteiger partial charge in [-0.2, -0.15) is 0 Å². The van der Waals surface area contributed by atoms with E-state index in [1.54, 1.807) is 0 Å². The summed E-state index contributed by atoms with van der Waals surface area (Å²) in [6.45, 7) is 4.77. The van der Waals surface area contributed by atoms with Gasteiger partial charge in [0, 0.05) is 5.69 Å². The number of hydrogen-bond acceptors (Lipinski definition) is 2. The molecule has 4 saturated carbocycles. The molecule has 2 unspecified atom stereocenters. The van der Waals surface area contributed by atoms with Crippen molar-refractivity contribution in [3.8, 4) is 0 Å². The smallest absolute Gasteiger partial charge is 0.323 e. The van der Waals surface area contributed by atoms with E-state index in [1.807, 2.05) is 18.2 Å². The molecule has 0 saturated heterocycles. The number of imidazole rings is 1. The van der Waals surface area contributed by atoms with Crippen molar-refractivity contribution in [3.05, 3.63) is 28.7 Å². The molecule has 0 aliphatic heterocycles. The van der Waals surface area contributed by atoms with Gasteiger partial charge in [-0.15, -0.1) is 0 Å². The Morgan fingerprint density at radius 3 is 2.40 bits per heavy atom. The fourth-order valence-electron chi connectivity index (χ4n) is 7.07. The van der Waals surface area contributed by atoms with Crippen LogP contribution in [0.3, 0.4) is 0 Å². The van der Waals surface area contributed by atoms with Gasteiger partial charge in [0.1, 0.15) is 0 Å². The fourth-order valence-corrected chi connectivity index (χ4v) is 7.07. The lowest BCUT2D eigenvalue weighted by Crippen LogP contribution is -2.58. The molecule has 5 nitrogen and oxygen atoms in total. The van der Waals surface area contributed by atoms with E-state index in [2.05, 4.69) is 29.1 Å². The summed E-state index contributed by atoms with van der Waals surface area (Å²) in [5.41, 5.74) is 2.45. The first-order valence-corrected chi connectivity index (χ1v) is 9.30. The number of carbonyl (C=O) groups excluding carboxylic acids is 1. The maximum atomic E-state index is 13.3. The number of fused-ring (bicyclic) bond motifs is 1. The fraction of sp³-hybridized carbons (Fsp3) is 0.600. The Morgan fingerprint density at radius 2 is 1.72 bits per heavy atom. The van der Waals surface area contributed by atoms with Gasteiger partial charge in [0.05, 0.1) is 16.4 Å². The maximum absolute atomic E-state index is 13.3. The lowest BCUT2D eigenvalue weighted by Gasteiger charge is -2.64. The Hall–Kier alpha value is -2.04. The first-order valence-electron chi connectivity index (χ1n) is 9.30. The highest BCUT2D eigenvalue weighted by molar-refractivity contribution is 5.97. The van der Waals surface area contributed by atoms with Crippen molar-refractivity contribution >= 4 is 22.6 Å². The molecule has 4 aliphatic carbocycles. The first kappa shape index (κ1) is 15.2. The molecule has 132 valence electrons. The molecule has 1 amide bonds. The van der Waals surface area contributed by atoms with Crippen LogP contribution in [-0.2, 0) is 4.79 Å². The van der Waals surface area contributed by atoms with E-state index in [0.717, 1.165) is 36.0 Å². The number of rotatable bonds is 2. The van der Waals surface area contributed by atoms with E-state index in [9.17, 15) is 9.59 Å². The van der Waals surface area contributed by atoms with Crippen molar-refractivity contribution in [1.82, 2.24) is 9.97 Å². The molecule has 2 aromatic rings. The van der Waals surface area contributed by atoms with Gasteiger partial charge in [0.2, 0.25) is 5.91 Å². The number of aromatic nitrogens is 2. The van der Waals surface area contributed by atoms with Gasteiger partial charge >= 0.3 is 5.69 Å². The van der Waals surface area contributed by atoms with E-state index in [-0.39, 0.29) is 17.0 Å². The van der Waals surface area contributed by atoms with Gasteiger partial charge < -0.3 is 15.3 Å². The lowest BCUT2D eigenvalue weighted by atomic mass is 9.40. The summed E-state index contributed by atoms with van der Waals surface area (Å²) in [7, 11) is 0. The summed E-state index contributed by atoms with van der Waals surface area (Å²) in [5, 5.41) is 3.16. The van der Waals surface area contributed by atoms with Gasteiger partial charge in [-0.05, 0) is 73.5 Å². The summed E-state index contributed by atoms with van der Waals surface area (Å²) in [6, 6.07) is 5.55. The highest BCUT2D eigenvalue weighted by atomic mass is 16.2. The van der Waals surface area contributed by atoms with Crippen LogP contribution < -0.4 is 11.0 Å². The SMILES string of the molecule is CC12CC3CC(C)(C1)CC(C(=O)Nc1ccc4[nH]c(=O)[nH]c4c1)(C3)C2. The zero-order valence-electron chi connectivity index (χ0n) is 14.9. The molecule has 4 bridgehead atoms. The second-order valence-electron chi connectivity index (χ2n) is 9.70. The maximum Gasteiger partial charge on any atom is 0.323 e. The van der Waals surface area contributed by atoms with Crippen molar-refractivity contribution in [2.45, 2.75) is 52.4 Å². The van der Waals surface area contributed by atoms with Crippen molar-refractivity contribution in [2.24, 2.45) is 22.2 Å². The van der Waals surface area contributed by atoms with Gasteiger partial charge in [0.15, 0.2) is 0 Å². The number of anilines is 1. The minimum atomic E-state index is -0.222. The number of hydrogen-bond donors (Lipinski definition) is 3.